The van der Waals surface area contributed by atoms with Crippen molar-refractivity contribution in [2.75, 3.05) is 11.9 Å². The van der Waals surface area contributed by atoms with Crippen molar-refractivity contribution in [1.82, 2.24) is 0 Å². The van der Waals surface area contributed by atoms with Crippen LogP contribution >= 0.6 is 15.9 Å². The number of halogens is 1. The molecule has 0 saturated carbocycles. The van der Waals surface area contributed by atoms with Crippen molar-refractivity contribution in [1.29, 1.82) is 0 Å². The minimum Gasteiger partial charge on any atom is -0.462 e. The van der Waals surface area contributed by atoms with Crippen molar-refractivity contribution < 1.29 is 13.9 Å². The number of hydrogen-bond donors (Lipinski definition) is 0. The molecule has 18 heavy (non-hydrogen) atoms. The fourth-order valence-electron chi connectivity index (χ4n) is 1.93. The summed E-state index contributed by atoms with van der Waals surface area (Å²) < 4.78 is 10.9. The van der Waals surface area contributed by atoms with E-state index in [9.17, 15) is 4.79 Å². The van der Waals surface area contributed by atoms with Gasteiger partial charge in [0.15, 0.2) is 0 Å². The fourth-order valence-corrected chi connectivity index (χ4v) is 2.21. The lowest BCUT2D eigenvalue weighted by Gasteiger charge is -2.02. The van der Waals surface area contributed by atoms with Gasteiger partial charge in [-0.25, -0.2) is 4.79 Å². The predicted molar refractivity (Wildman–Crippen MR) is 74.3 cm³/mol. The molecule has 96 valence electrons. The average Bonchev–Trinajstić information content (AvgIpc) is 2.74. The van der Waals surface area contributed by atoms with Crippen LogP contribution in [-0.2, 0) is 11.2 Å². The third-order valence-corrected chi connectivity index (χ3v) is 3.25. The summed E-state index contributed by atoms with van der Waals surface area (Å²) in [5.41, 5.74) is 1.32. The number of para-hydroxylation sites is 1. The van der Waals surface area contributed by atoms with Gasteiger partial charge in [-0.2, -0.15) is 0 Å². The van der Waals surface area contributed by atoms with Gasteiger partial charge in [0.1, 0.15) is 16.9 Å². The number of carbonyl (C=O) groups is 1. The first-order valence-electron chi connectivity index (χ1n) is 6.01. The molecule has 0 atom stereocenters. The third-order valence-electron chi connectivity index (χ3n) is 2.69. The Morgan fingerprint density at radius 3 is 2.89 bits per heavy atom. The van der Waals surface area contributed by atoms with Crippen LogP contribution in [0.1, 0.15) is 29.5 Å². The van der Waals surface area contributed by atoms with Gasteiger partial charge in [-0.05, 0) is 19.4 Å². The highest BCUT2D eigenvalue weighted by atomic mass is 79.9. The number of rotatable bonds is 5. The summed E-state index contributed by atoms with van der Waals surface area (Å²) in [4.78, 5) is 12.0. The molecule has 3 nitrogen and oxygen atoms in total. The first kappa shape index (κ1) is 13.1. The van der Waals surface area contributed by atoms with Crippen LogP contribution in [0, 0.1) is 0 Å². The largest absolute Gasteiger partial charge is 0.462 e. The second-order valence-electron chi connectivity index (χ2n) is 3.91. The van der Waals surface area contributed by atoms with Gasteiger partial charge in [-0.3, -0.25) is 0 Å². The first-order valence-corrected chi connectivity index (χ1v) is 7.13. The molecule has 0 N–H and O–H groups in total. The number of furan rings is 1. The smallest absolute Gasteiger partial charge is 0.342 e. The Labute approximate surface area is 114 Å². The van der Waals surface area contributed by atoms with E-state index in [-0.39, 0.29) is 5.97 Å². The Morgan fingerprint density at radius 2 is 2.17 bits per heavy atom. The predicted octanol–water partition coefficient (Wildman–Crippen LogP) is 3.94. The maximum absolute atomic E-state index is 12.0. The fraction of sp³-hybridized carbons (Fsp3) is 0.357. The van der Waals surface area contributed by atoms with Crippen LogP contribution in [0.5, 0.6) is 0 Å². The molecule has 4 heteroatoms. The molecule has 0 spiro atoms. The molecule has 0 aliphatic carbocycles. The number of ether oxygens (including phenoxy) is 1. The summed E-state index contributed by atoms with van der Waals surface area (Å²) in [7, 11) is 0. The second kappa shape index (κ2) is 6.05. The molecular formula is C14H15BrO3. The molecule has 0 bridgehead atoms. The van der Waals surface area contributed by atoms with Crippen LogP contribution in [0.3, 0.4) is 0 Å². The summed E-state index contributed by atoms with van der Waals surface area (Å²) >= 11 is 3.39. The molecule has 0 amide bonds. The summed E-state index contributed by atoms with van der Waals surface area (Å²) in [6.45, 7) is 2.18. The van der Waals surface area contributed by atoms with E-state index in [4.69, 9.17) is 9.15 Å². The van der Waals surface area contributed by atoms with Crippen molar-refractivity contribution in [3.8, 4) is 0 Å². The zero-order valence-corrected chi connectivity index (χ0v) is 11.8. The van der Waals surface area contributed by atoms with Crippen molar-refractivity contribution in [2.24, 2.45) is 0 Å². The molecule has 2 aromatic rings. The highest BCUT2D eigenvalue weighted by Crippen LogP contribution is 2.27. The Bertz CT molecular complexity index is 545. The molecule has 2 rings (SSSR count). The lowest BCUT2D eigenvalue weighted by molar-refractivity contribution is 0.0526. The van der Waals surface area contributed by atoms with Gasteiger partial charge in [0.2, 0.25) is 0 Å². The van der Waals surface area contributed by atoms with Crippen LogP contribution < -0.4 is 0 Å². The second-order valence-corrected chi connectivity index (χ2v) is 4.70. The molecule has 0 aliphatic rings. The molecular weight excluding hydrogens is 296 g/mol. The van der Waals surface area contributed by atoms with Gasteiger partial charge in [0.25, 0.3) is 0 Å². The quantitative estimate of drug-likeness (QED) is 0.620. The van der Waals surface area contributed by atoms with Crippen molar-refractivity contribution in [3.63, 3.8) is 0 Å². The highest BCUT2D eigenvalue weighted by molar-refractivity contribution is 9.09. The van der Waals surface area contributed by atoms with E-state index >= 15 is 0 Å². The van der Waals surface area contributed by atoms with Gasteiger partial charge >= 0.3 is 5.97 Å². The SMILES string of the molecule is CCOC(=O)c1c(CCCBr)oc2ccccc12. The van der Waals surface area contributed by atoms with Crippen LogP contribution in [0.4, 0.5) is 0 Å². The maximum atomic E-state index is 12.0. The van der Waals surface area contributed by atoms with Crippen LogP contribution in [0.2, 0.25) is 0 Å². The van der Waals surface area contributed by atoms with Gasteiger partial charge in [-0.1, -0.05) is 34.1 Å². The van der Waals surface area contributed by atoms with Gasteiger partial charge < -0.3 is 9.15 Å². The Morgan fingerprint density at radius 1 is 1.39 bits per heavy atom. The van der Waals surface area contributed by atoms with Crippen LogP contribution in [0.25, 0.3) is 11.0 Å². The van der Waals surface area contributed by atoms with Gasteiger partial charge in [0.05, 0.1) is 6.61 Å². The third kappa shape index (κ3) is 2.58. The van der Waals surface area contributed by atoms with E-state index in [2.05, 4.69) is 15.9 Å². The van der Waals surface area contributed by atoms with E-state index in [0.29, 0.717) is 17.9 Å². The molecule has 0 unspecified atom stereocenters. The molecule has 1 aromatic heterocycles. The number of hydrogen-bond acceptors (Lipinski definition) is 3. The summed E-state index contributed by atoms with van der Waals surface area (Å²) in [6, 6.07) is 7.56. The van der Waals surface area contributed by atoms with Crippen LogP contribution in [-0.4, -0.2) is 17.9 Å². The van der Waals surface area contributed by atoms with Crippen molar-refractivity contribution >= 4 is 32.9 Å². The molecule has 0 aliphatic heterocycles. The topological polar surface area (TPSA) is 39.4 Å². The normalized spacial score (nSPS) is 10.8. The van der Waals surface area contributed by atoms with Crippen molar-refractivity contribution in [3.05, 3.63) is 35.6 Å². The molecule has 1 heterocycles. The summed E-state index contributed by atoms with van der Waals surface area (Å²) in [6.07, 6.45) is 1.65. The minimum atomic E-state index is -0.299. The highest BCUT2D eigenvalue weighted by Gasteiger charge is 2.20. The van der Waals surface area contributed by atoms with E-state index in [1.54, 1.807) is 6.92 Å². The van der Waals surface area contributed by atoms with Gasteiger partial charge in [-0.15, -0.1) is 0 Å². The number of benzene rings is 1. The first-order chi connectivity index (χ1) is 8.77. The molecule has 1 aromatic carbocycles. The van der Waals surface area contributed by atoms with E-state index in [0.717, 1.165) is 29.1 Å². The summed E-state index contributed by atoms with van der Waals surface area (Å²) in [5.74, 6) is 0.418. The molecule has 0 fully saturated rings. The van der Waals surface area contributed by atoms with Crippen molar-refractivity contribution in [2.45, 2.75) is 19.8 Å². The van der Waals surface area contributed by atoms with Crippen LogP contribution in [0.15, 0.2) is 28.7 Å². The van der Waals surface area contributed by atoms with E-state index in [1.807, 2.05) is 24.3 Å². The molecule has 0 radical (unpaired) electrons. The lowest BCUT2D eigenvalue weighted by atomic mass is 10.1. The Kier molecular flexibility index (Phi) is 4.42. The number of esters is 1. The minimum absolute atomic E-state index is 0.299. The maximum Gasteiger partial charge on any atom is 0.342 e. The summed E-state index contributed by atoms with van der Waals surface area (Å²) in [5, 5.41) is 1.72. The number of carbonyl (C=O) groups excluding carboxylic acids is 1. The monoisotopic (exact) mass is 310 g/mol. The Balaban J connectivity index is 2.47. The molecule has 0 saturated heterocycles. The number of aryl methyl sites for hydroxylation is 1. The van der Waals surface area contributed by atoms with E-state index < -0.39 is 0 Å². The zero-order valence-electron chi connectivity index (χ0n) is 10.2. The number of alkyl halides is 1. The lowest BCUT2D eigenvalue weighted by Crippen LogP contribution is -2.06. The Hall–Kier alpha value is -1.29. The van der Waals surface area contributed by atoms with Gasteiger partial charge in [0, 0.05) is 17.1 Å². The zero-order chi connectivity index (χ0) is 13.0. The average molecular weight is 311 g/mol. The van der Waals surface area contributed by atoms with E-state index in [1.165, 1.54) is 0 Å². The standard InChI is InChI=1S/C14H15BrO3/c1-2-17-14(16)13-10-6-3-4-7-11(10)18-12(13)8-5-9-15/h3-4,6-7H,2,5,8-9H2,1H3. The number of fused-ring (bicyclic) bond motifs is 1.